The molecule has 3 heteroatoms. The van der Waals surface area contributed by atoms with E-state index in [1.54, 1.807) is 18.2 Å². The second-order valence-electron chi connectivity index (χ2n) is 7.12. The number of hydrogen-bond donors (Lipinski definition) is 0. The Morgan fingerprint density at radius 1 is 0.793 bits per heavy atom. The van der Waals surface area contributed by atoms with Crippen molar-refractivity contribution in [2.45, 2.75) is 19.8 Å². The summed E-state index contributed by atoms with van der Waals surface area (Å²) in [6.45, 7) is 2.08. The molecule has 0 N–H and O–H groups in total. The third-order valence-corrected chi connectivity index (χ3v) is 5.18. The Hall–Kier alpha value is -3.51. The van der Waals surface area contributed by atoms with Crippen molar-refractivity contribution in [1.82, 2.24) is 0 Å². The zero-order valence-corrected chi connectivity index (χ0v) is 16.0. The standard InChI is InChI=1S/C26H19F2N/c1-2-3-17-4-12-23(25(27)14-17)19-7-5-18(6-8-19)20-11-13-24-21(15-20)9-10-22(16-29)26(24)28/h4-15H,2-3H2,1H3. The topological polar surface area (TPSA) is 23.8 Å². The van der Waals surface area contributed by atoms with Gasteiger partial charge >= 0.3 is 0 Å². The molecule has 4 aromatic carbocycles. The number of aryl methyl sites for hydroxylation is 1. The van der Waals surface area contributed by atoms with E-state index in [4.69, 9.17) is 5.26 Å². The molecule has 29 heavy (non-hydrogen) atoms. The first kappa shape index (κ1) is 18.8. The number of rotatable bonds is 4. The third-order valence-electron chi connectivity index (χ3n) is 5.18. The number of hydrogen-bond acceptors (Lipinski definition) is 1. The van der Waals surface area contributed by atoms with E-state index in [-0.39, 0.29) is 11.4 Å². The van der Waals surface area contributed by atoms with Gasteiger partial charge in [0.05, 0.1) is 5.56 Å². The minimum absolute atomic E-state index is 0.0431. The average Bonchev–Trinajstić information content (AvgIpc) is 2.74. The van der Waals surface area contributed by atoms with Crippen LogP contribution in [0.25, 0.3) is 33.0 Å². The molecular weight excluding hydrogens is 364 g/mol. The zero-order valence-electron chi connectivity index (χ0n) is 16.0. The van der Waals surface area contributed by atoms with E-state index in [1.807, 2.05) is 54.6 Å². The number of benzene rings is 4. The maximum atomic E-state index is 14.5. The van der Waals surface area contributed by atoms with Crippen LogP contribution in [0.2, 0.25) is 0 Å². The smallest absolute Gasteiger partial charge is 0.148 e. The maximum absolute atomic E-state index is 14.5. The van der Waals surface area contributed by atoms with E-state index in [9.17, 15) is 8.78 Å². The highest BCUT2D eigenvalue weighted by Crippen LogP contribution is 2.30. The minimum Gasteiger partial charge on any atom is -0.206 e. The highest BCUT2D eigenvalue weighted by Gasteiger charge is 2.10. The summed E-state index contributed by atoms with van der Waals surface area (Å²) >= 11 is 0. The lowest BCUT2D eigenvalue weighted by molar-refractivity contribution is 0.628. The van der Waals surface area contributed by atoms with Crippen molar-refractivity contribution in [3.05, 3.63) is 95.6 Å². The Kier molecular flexibility index (Phi) is 5.10. The zero-order chi connectivity index (χ0) is 20.4. The van der Waals surface area contributed by atoms with Gasteiger partial charge in [0.1, 0.15) is 17.7 Å². The van der Waals surface area contributed by atoms with Gasteiger partial charge in [-0.1, -0.05) is 67.9 Å². The predicted octanol–water partition coefficient (Wildman–Crippen LogP) is 7.28. The molecule has 4 aromatic rings. The summed E-state index contributed by atoms with van der Waals surface area (Å²) in [7, 11) is 0. The monoisotopic (exact) mass is 383 g/mol. The van der Waals surface area contributed by atoms with Crippen molar-refractivity contribution in [2.75, 3.05) is 0 Å². The molecule has 4 rings (SSSR count). The Morgan fingerprint density at radius 2 is 1.52 bits per heavy atom. The molecule has 142 valence electrons. The highest BCUT2D eigenvalue weighted by molar-refractivity contribution is 5.89. The van der Waals surface area contributed by atoms with Crippen LogP contribution in [-0.4, -0.2) is 0 Å². The summed E-state index contributed by atoms with van der Waals surface area (Å²) in [5, 5.41) is 10.1. The van der Waals surface area contributed by atoms with Crippen LogP contribution in [0.5, 0.6) is 0 Å². The van der Waals surface area contributed by atoms with Crippen LogP contribution < -0.4 is 0 Å². The summed E-state index contributed by atoms with van der Waals surface area (Å²) in [4.78, 5) is 0. The Balaban J connectivity index is 1.67. The van der Waals surface area contributed by atoms with Gasteiger partial charge in [-0.15, -0.1) is 0 Å². The van der Waals surface area contributed by atoms with Crippen molar-refractivity contribution in [2.24, 2.45) is 0 Å². The lowest BCUT2D eigenvalue weighted by atomic mass is 9.96. The van der Waals surface area contributed by atoms with E-state index in [2.05, 4.69) is 6.92 Å². The van der Waals surface area contributed by atoms with Gasteiger partial charge in [0.2, 0.25) is 0 Å². The first-order chi connectivity index (χ1) is 14.1. The lowest BCUT2D eigenvalue weighted by Gasteiger charge is -2.09. The normalized spacial score (nSPS) is 10.8. The van der Waals surface area contributed by atoms with Gasteiger partial charge in [0, 0.05) is 10.9 Å². The molecule has 0 saturated heterocycles. The third kappa shape index (κ3) is 3.62. The molecule has 0 unspecified atom stereocenters. The van der Waals surface area contributed by atoms with E-state index in [0.717, 1.165) is 40.5 Å². The molecule has 0 aromatic heterocycles. The van der Waals surface area contributed by atoms with E-state index in [1.165, 1.54) is 6.07 Å². The largest absolute Gasteiger partial charge is 0.206 e. The van der Waals surface area contributed by atoms with Gasteiger partial charge in [-0.2, -0.15) is 5.26 Å². The van der Waals surface area contributed by atoms with Gasteiger partial charge in [-0.25, -0.2) is 8.78 Å². The molecule has 0 saturated carbocycles. The number of nitriles is 1. The number of nitrogens with zero attached hydrogens (tertiary/aromatic N) is 1. The first-order valence-corrected chi connectivity index (χ1v) is 9.62. The minimum atomic E-state index is -0.492. The van der Waals surface area contributed by atoms with Crippen LogP contribution in [0.3, 0.4) is 0 Å². The fourth-order valence-electron chi connectivity index (χ4n) is 3.64. The molecule has 0 bridgehead atoms. The van der Waals surface area contributed by atoms with Crippen molar-refractivity contribution in [1.29, 1.82) is 5.26 Å². The molecule has 0 amide bonds. The van der Waals surface area contributed by atoms with Crippen molar-refractivity contribution < 1.29 is 8.78 Å². The average molecular weight is 383 g/mol. The molecule has 0 aliphatic heterocycles. The summed E-state index contributed by atoms with van der Waals surface area (Å²) in [5.74, 6) is -0.702. The quantitative estimate of drug-likeness (QED) is 0.363. The molecular formula is C26H19F2N. The Labute approximate surface area is 168 Å². The van der Waals surface area contributed by atoms with Crippen LogP contribution in [0.4, 0.5) is 8.78 Å². The summed E-state index contributed by atoms with van der Waals surface area (Å²) in [5.41, 5.74) is 4.35. The molecule has 1 nitrogen and oxygen atoms in total. The molecule has 0 aliphatic carbocycles. The van der Waals surface area contributed by atoms with Gasteiger partial charge in [-0.3, -0.25) is 0 Å². The van der Waals surface area contributed by atoms with E-state index >= 15 is 0 Å². The molecule has 0 aliphatic rings. The van der Waals surface area contributed by atoms with Gasteiger partial charge in [-0.05, 0) is 52.3 Å². The lowest BCUT2D eigenvalue weighted by Crippen LogP contribution is -1.90. The summed E-state index contributed by atoms with van der Waals surface area (Å²) < 4.78 is 28.8. The van der Waals surface area contributed by atoms with Crippen molar-refractivity contribution in [3.63, 3.8) is 0 Å². The van der Waals surface area contributed by atoms with Gasteiger partial charge in [0.15, 0.2) is 0 Å². The number of halogens is 2. The second-order valence-corrected chi connectivity index (χ2v) is 7.12. The van der Waals surface area contributed by atoms with Crippen LogP contribution in [0, 0.1) is 23.0 Å². The summed E-state index contributed by atoms with van der Waals surface area (Å²) in [6.07, 6.45) is 1.86. The second kappa shape index (κ2) is 7.85. The van der Waals surface area contributed by atoms with Crippen LogP contribution >= 0.6 is 0 Å². The fraction of sp³-hybridized carbons (Fsp3) is 0.115. The van der Waals surface area contributed by atoms with Crippen LogP contribution in [-0.2, 0) is 6.42 Å². The van der Waals surface area contributed by atoms with E-state index in [0.29, 0.717) is 10.9 Å². The molecule has 0 atom stereocenters. The summed E-state index contributed by atoms with van der Waals surface area (Å²) in [6, 6.07) is 23.6. The molecule has 0 spiro atoms. The van der Waals surface area contributed by atoms with Crippen molar-refractivity contribution >= 4 is 10.8 Å². The molecule has 0 radical (unpaired) electrons. The first-order valence-electron chi connectivity index (χ1n) is 9.62. The van der Waals surface area contributed by atoms with Gasteiger partial charge < -0.3 is 0 Å². The molecule has 0 fully saturated rings. The van der Waals surface area contributed by atoms with Crippen LogP contribution in [0.15, 0.2) is 72.8 Å². The molecule has 0 heterocycles. The SMILES string of the molecule is CCCc1ccc(-c2ccc(-c3ccc4c(F)c(C#N)ccc4c3)cc2)c(F)c1. The Morgan fingerprint density at radius 3 is 2.21 bits per heavy atom. The fourth-order valence-corrected chi connectivity index (χ4v) is 3.64. The van der Waals surface area contributed by atoms with Gasteiger partial charge in [0.25, 0.3) is 0 Å². The maximum Gasteiger partial charge on any atom is 0.148 e. The van der Waals surface area contributed by atoms with Crippen LogP contribution in [0.1, 0.15) is 24.5 Å². The Bertz CT molecular complexity index is 1230. The highest BCUT2D eigenvalue weighted by atomic mass is 19.1. The number of fused-ring (bicyclic) bond motifs is 1. The predicted molar refractivity (Wildman–Crippen MR) is 113 cm³/mol. The van der Waals surface area contributed by atoms with Crippen molar-refractivity contribution in [3.8, 4) is 28.3 Å². The van der Waals surface area contributed by atoms with E-state index < -0.39 is 5.82 Å².